The highest BCUT2D eigenvalue weighted by Gasteiger charge is 2.25. The van der Waals surface area contributed by atoms with Crippen molar-refractivity contribution in [3.05, 3.63) is 48.0 Å². The average Bonchev–Trinajstić information content (AvgIpc) is 3.35. The van der Waals surface area contributed by atoms with Gasteiger partial charge in [0, 0.05) is 24.8 Å². The van der Waals surface area contributed by atoms with Gasteiger partial charge in [0.05, 0.1) is 19.4 Å². The Kier molecular flexibility index (Phi) is 5.90. The summed E-state index contributed by atoms with van der Waals surface area (Å²) < 4.78 is 10.8. The Labute approximate surface area is 147 Å². The Hall–Kier alpha value is -2.54. The van der Waals surface area contributed by atoms with Gasteiger partial charge in [-0.1, -0.05) is 6.07 Å². The smallest absolute Gasteiger partial charge is 0.315 e. The molecule has 0 saturated carbocycles. The first-order valence-corrected chi connectivity index (χ1v) is 8.55. The fourth-order valence-corrected chi connectivity index (χ4v) is 3.11. The van der Waals surface area contributed by atoms with Crippen LogP contribution in [0.15, 0.2) is 41.1 Å². The molecule has 7 nitrogen and oxygen atoms in total. The average molecular weight is 344 g/mol. The summed E-state index contributed by atoms with van der Waals surface area (Å²) in [6.45, 7) is 2.92. The minimum Gasteiger partial charge on any atom is -0.481 e. The highest BCUT2D eigenvalue weighted by atomic mass is 16.5. The number of pyridine rings is 1. The van der Waals surface area contributed by atoms with Gasteiger partial charge in [0.25, 0.3) is 0 Å². The lowest BCUT2D eigenvalue weighted by Crippen LogP contribution is -2.41. The van der Waals surface area contributed by atoms with Crippen LogP contribution in [-0.2, 0) is 6.54 Å². The summed E-state index contributed by atoms with van der Waals surface area (Å²) in [4.78, 5) is 18.6. The summed E-state index contributed by atoms with van der Waals surface area (Å²) in [5.74, 6) is 1.41. The van der Waals surface area contributed by atoms with E-state index in [1.165, 1.54) is 12.8 Å². The van der Waals surface area contributed by atoms with Gasteiger partial charge in [0.1, 0.15) is 5.76 Å². The molecule has 0 aliphatic carbocycles. The standard InChI is InChI=1S/C18H24N4O3/c1-24-17-14(6-4-8-19-17)12-20-18(23)21-13-15(16-7-5-11-25-16)22-9-2-3-10-22/h4-8,11,15H,2-3,9-10,12-13H2,1H3,(H2,20,21,23)/t15-/m0/s1. The molecule has 0 spiro atoms. The monoisotopic (exact) mass is 344 g/mol. The maximum absolute atomic E-state index is 12.2. The van der Waals surface area contributed by atoms with E-state index in [4.69, 9.17) is 9.15 Å². The Balaban J connectivity index is 1.53. The van der Waals surface area contributed by atoms with E-state index >= 15 is 0 Å². The fourth-order valence-electron chi connectivity index (χ4n) is 3.11. The molecule has 1 fully saturated rings. The largest absolute Gasteiger partial charge is 0.481 e. The van der Waals surface area contributed by atoms with E-state index in [0.717, 1.165) is 24.4 Å². The molecule has 1 saturated heterocycles. The first-order valence-electron chi connectivity index (χ1n) is 8.55. The van der Waals surface area contributed by atoms with Crippen molar-refractivity contribution in [2.24, 2.45) is 0 Å². The van der Waals surface area contributed by atoms with Crippen molar-refractivity contribution in [2.45, 2.75) is 25.4 Å². The molecule has 2 aromatic rings. The Morgan fingerprint density at radius 2 is 2.16 bits per heavy atom. The predicted octanol–water partition coefficient (Wildman–Crippen LogP) is 2.32. The lowest BCUT2D eigenvalue weighted by molar-refractivity contribution is 0.203. The molecule has 0 bridgehead atoms. The fraction of sp³-hybridized carbons (Fsp3) is 0.444. The molecule has 1 atom stereocenters. The molecule has 3 heterocycles. The quantitative estimate of drug-likeness (QED) is 0.806. The molecule has 1 aliphatic heterocycles. The second-order valence-electron chi connectivity index (χ2n) is 6.01. The van der Waals surface area contributed by atoms with Gasteiger partial charge in [0.15, 0.2) is 0 Å². The van der Waals surface area contributed by atoms with Crippen LogP contribution in [0.5, 0.6) is 5.88 Å². The van der Waals surface area contributed by atoms with E-state index in [1.54, 1.807) is 19.6 Å². The lowest BCUT2D eigenvalue weighted by Gasteiger charge is -2.26. The number of rotatable bonds is 7. The van der Waals surface area contributed by atoms with E-state index in [-0.39, 0.29) is 12.1 Å². The van der Waals surface area contributed by atoms with Crippen LogP contribution in [0.2, 0.25) is 0 Å². The van der Waals surface area contributed by atoms with Crippen LogP contribution < -0.4 is 15.4 Å². The number of nitrogens with one attached hydrogen (secondary N) is 2. The number of urea groups is 1. The normalized spacial score (nSPS) is 15.7. The highest BCUT2D eigenvalue weighted by molar-refractivity contribution is 5.73. The number of likely N-dealkylation sites (tertiary alicyclic amines) is 1. The van der Waals surface area contributed by atoms with Crippen molar-refractivity contribution in [1.29, 1.82) is 0 Å². The van der Waals surface area contributed by atoms with Crippen LogP contribution >= 0.6 is 0 Å². The maximum atomic E-state index is 12.2. The van der Waals surface area contributed by atoms with Crippen LogP contribution in [0.3, 0.4) is 0 Å². The Bertz CT molecular complexity index is 669. The molecule has 1 aliphatic rings. The van der Waals surface area contributed by atoms with Crippen molar-refractivity contribution < 1.29 is 13.9 Å². The zero-order valence-corrected chi connectivity index (χ0v) is 14.4. The number of amides is 2. The molecule has 25 heavy (non-hydrogen) atoms. The van der Waals surface area contributed by atoms with E-state index in [9.17, 15) is 4.79 Å². The summed E-state index contributed by atoms with van der Waals surface area (Å²) in [5, 5.41) is 5.79. The van der Waals surface area contributed by atoms with Gasteiger partial charge in [0.2, 0.25) is 5.88 Å². The molecule has 3 rings (SSSR count). The second kappa shape index (κ2) is 8.53. The maximum Gasteiger partial charge on any atom is 0.315 e. The highest BCUT2D eigenvalue weighted by Crippen LogP contribution is 2.24. The van der Waals surface area contributed by atoms with Gasteiger partial charge in [-0.15, -0.1) is 0 Å². The van der Waals surface area contributed by atoms with Crippen molar-refractivity contribution in [3.63, 3.8) is 0 Å². The number of carbonyl (C=O) groups excluding carboxylic acids is 1. The molecule has 2 aromatic heterocycles. The zero-order chi connectivity index (χ0) is 17.5. The van der Waals surface area contributed by atoms with Crippen LogP contribution in [0.4, 0.5) is 4.79 Å². The van der Waals surface area contributed by atoms with Crippen LogP contribution in [0.25, 0.3) is 0 Å². The van der Waals surface area contributed by atoms with E-state index in [0.29, 0.717) is 19.0 Å². The minimum atomic E-state index is -0.221. The molecule has 0 unspecified atom stereocenters. The van der Waals surface area contributed by atoms with E-state index in [1.807, 2.05) is 24.3 Å². The van der Waals surface area contributed by atoms with Gasteiger partial charge in [-0.25, -0.2) is 9.78 Å². The first-order chi connectivity index (χ1) is 12.3. The number of carbonyl (C=O) groups is 1. The predicted molar refractivity (Wildman–Crippen MR) is 93.3 cm³/mol. The van der Waals surface area contributed by atoms with Crippen LogP contribution in [0, 0.1) is 0 Å². The van der Waals surface area contributed by atoms with Crippen LogP contribution in [-0.4, -0.2) is 42.7 Å². The minimum absolute atomic E-state index is 0.0659. The van der Waals surface area contributed by atoms with Gasteiger partial charge >= 0.3 is 6.03 Å². The molecule has 7 heteroatoms. The zero-order valence-electron chi connectivity index (χ0n) is 14.4. The molecule has 0 aromatic carbocycles. The Morgan fingerprint density at radius 1 is 1.32 bits per heavy atom. The van der Waals surface area contributed by atoms with Crippen molar-refractivity contribution >= 4 is 6.03 Å². The summed E-state index contributed by atoms with van der Waals surface area (Å²) in [5.41, 5.74) is 0.835. The number of hydrogen-bond donors (Lipinski definition) is 2. The van der Waals surface area contributed by atoms with Crippen molar-refractivity contribution in [2.75, 3.05) is 26.7 Å². The molecule has 2 amide bonds. The van der Waals surface area contributed by atoms with Gasteiger partial charge in [-0.3, -0.25) is 4.90 Å². The van der Waals surface area contributed by atoms with Crippen LogP contribution in [0.1, 0.15) is 30.2 Å². The first kappa shape index (κ1) is 17.3. The number of nitrogens with zero attached hydrogens (tertiary/aromatic N) is 2. The lowest BCUT2D eigenvalue weighted by atomic mass is 10.2. The molecular formula is C18H24N4O3. The number of aromatic nitrogens is 1. The Morgan fingerprint density at radius 3 is 2.88 bits per heavy atom. The summed E-state index contributed by atoms with van der Waals surface area (Å²) in [6.07, 6.45) is 5.70. The number of methoxy groups -OCH3 is 1. The third-order valence-corrected chi connectivity index (χ3v) is 4.39. The number of hydrogen-bond acceptors (Lipinski definition) is 5. The van der Waals surface area contributed by atoms with E-state index in [2.05, 4.69) is 20.5 Å². The molecule has 2 N–H and O–H groups in total. The second-order valence-corrected chi connectivity index (χ2v) is 6.01. The molecule has 134 valence electrons. The summed E-state index contributed by atoms with van der Waals surface area (Å²) in [6, 6.07) is 7.38. The SMILES string of the molecule is COc1ncccc1CNC(=O)NC[C@@H](c1ccco1)N1CCCC1. The number of furan rings is 1. The summed E-state index contributed by atoms with van der Waals surface area (Å²) in [7, 11) is 1.57. The number of ether oxygens (including phenoxy) is 1. The van der Waals surface area contributed by atoms with Gasteiger partial charge < -0.3 is 19.8 Å². The molecule has 0 radical (unpaired) electrons. The van der Waals surface area contributed by atoms with Gasteiger partial charge in [-0.2, -0.15) is 0 Å². The molecular weight excluding hydrogens is 320 g/mol. The summed E-state index contributed by atoms with van der Waals surface area (Å²) >= 11 is 0. The third kappa shape index (κ3) is 4.51. The van der Waals surface area contributed by atoms with Crippen molar-refractivity contribution in [3.8, 4) is 5.88 Å². The van der Waals surface area contributed by atoms with Crippen molar-refractivity contribution in [1.82, 2.24) is 20.5 Å². The topological polar surface area (TPSA) is 79.6 Å². The third-order valence-electron chi connectivity index (χ3n) is 4.39. The van der Waals surface area contributed by atoms with E-state index < -0.39 is 0 Å². The van der Waals surface area contributed by atoms with Gasteiger partial charge in [-0.05, 0) is 44.1 Å².